The van der Waals surface area contributed by atoms with Crippen LogP contribution in [0.4, 0.5) is 0 Å². The predicted octanol–water partition coefficient (Wildman–Crippen LogP) is 13.4. The largest absolute Gasteiger partial charge is 0.456 e. The predicted molar refractivity (Wildman–Crippen MR) is 207 cm³/mol. The molecule has 9 aromatic rings. The average molecular weight is 643 g/mol. The van der Waals surface area contributed by atoms with E-state index in [9.17, 15) is 0 Å². The molecule has 0 unspecified atom stereocenters. The molecule has 0 saturated carbocycles. The van der Waals surface area contributed by atoms with Gasteiger partial charge in [0.15, 0.2) is 0 Å². The molecule has 50 heavy (non-hydrogen) atoms. The minimum Gasteiger partial charge on any atom is -0.456 e. The molecule has 0 fully saturated rings. The molecule has 2 aliphatic carbocycles. The van der Waals surface area contributed by atoms with Crippen molar-refractivity contribution in [3.63, 3.8) is 0 Å². The second kappa shape index (κ2) is 9.43. The van der Waals surface area contributed by atoms with Crippen LogP contribution in [-0.2, 0) is 10.8 Å². The third-order valence-corrected chi connectivity index (χ3v) is 11.8. The van der Waals surface area contributed by atoms with Crippen molar-refractivity contribution in [2.75, 3.05) is 0 Å². The van der Waals surface area contributed by atoms with E-state index in [-0.39, 0.29) is 10.8 Å². The summed E-state index contributed by atoms with van der Waals surface area (Å²) in [6.45, 7) is 9.64. The van der Waals surface area contributed by atoms with Gasteiger partial charge in [-0.1, -0.05) is 119 Å². The van der Waals surface area contributed by atoms with Crippen molar-refractivity contribution < 1.29 is 8.83 Å². The van der Waals surface area contributed by atoms with Crippen molar-refractivity contribution in [2.24, 2.45) is 0 Å². The quantitative estimate of drug-likeness (QED) is 0.188. The van der Waals surface area contributed by atoms with Crippen molar-refractivity contribution in [1.82, 2.24) is 0 Å². The van der Waals surface area contributed by atoms with Crippen molar-refractivity contribution in [2.45, 2.75) is 38.5 Å². The summed E-state index contributed by atoms with van der Waals surface area (Å²) in [6, 6.07) is 48.7. The summed E-state index contributed by atoms with van der Waals surface area (Å²) in [4.78, 5) is 0. The third-order valence-electron chi connectivity index (χ3n) is 11.8. The van der Waals surface area contributed by atoms with E-state index in [4.69, 9.17) is 8.83 Å². The summed E-state index contributed by atoms with van der Waals surface area (Å²) >= 11 is 0. The van der Waals surface area contributed by atoms with Crippen molar-refractivity contribution in [3.8, 4) is 44.5 Å². The van der Waals surface area contributed by atoms with Gasteiger partial charge in [0.2, 0.25) is 0 Å². The highest BCUT2D eigenvalue weighted by atomic mass is 16.3. The first-order chi connectivity index (χ1) is 24.3. The first kappa shape index (κ1) is 28.0. The Morgan fingerprint density at radius 2 is 0.880 bits per heavy atom. The Bertz CT molecular complexity index is 2930. The van der Waals surface area contributed by atoms with E-state index < -0.39 is 0 Å². The zero-order valence-electron chi connectivity index (χ0n) is 28.5. The molecule has 2 nitrogen and oxygen atoms in total. The third kappa shape index (κ3) is 3.53. The minimum atomic E-state index is -0.126. The van der Waals surface area contributed by atoms with Crippen LogP contribution < -0.4 is 0 Å². The lowest BCUT2D eigenvalue weighted by molar-refractivity contribution is 0.601. The SMILES string of the molecule is CC1(C)c2ccccc2-c2ccc3c(c21)C(C)(C)c1cc(-c2cccc(-c4ccc5oc6ccc7oc8ccccc8c7c6c5c4)c2)ccc1-3. The normalized spacial score (nSPS) is 15.1. The Hall–Kier alpha value is -5.86. The molecule has 0 spiro atoms. The van der Waals surface area contributed by atoms with Gasteiger partial charge in [0.1, 0.15) is 22.3 Å². The fourth-order valence-electron chi connectivity index (χ4n) is 9.50. The van der Waals surface area contributed by atoms with Crippen LogP contribution in [0.1, 0.15) is 49.9 Å². The van der Waals surface area contributed by atoms with E-state index in [1.807, 2.05) is 24.3 Å². The smallest absolute Gasteiger partial charge is 0.136 e. The molecule has 11 rings (SSSR count). The number of fused-ring (bicyclic) bond motifs is 14. The van der Waals surface area contributed by atoms with E-state index >= 15 is 0 Å². The molecule has 0 bridgehead atoms. The van der Waals surface area contributed by atoms with Crippen LogP contribution in [0.5, 0.6) is 0 Å². The molecule has 0 atom stereocenters. The molecule has 0 saturated heterocycles. The lowest BCUT2D eigenvalue weighted by atomic mass is 9.72. The summed E-state index contributed by atoms with van der Waals surface area (Å²) < 4.78 is 12.6. The maximum absolute atomic E-state index is 6.37. The summed E-state index contributed by atoms with van der Waals surface area (Å²) in [7, 11) is 0. The lowest BCUT2D eigenvalue weighted by Crippen LogP contribution is -2.24. The van der Waals surface area contributed by atoms with Gasteiger partial charge in [0.05, 0.1) is 0 Å². The Kier molecular flexibility index (Phi) is 5.28. The number of furan rings is 2. The van der Waals surface area contributed by atoms with Gasteiger partial charge in [-0.05, 0) is 109 Å². The number of rotatable bonds is 2. The lowest BCUT2D eigenvalue weighted by Gasteiger charge is -2.30. The highest BCUT2D eigenvalue weighted by Crippen LogP contribution is 2.59. The molecule has 2 aromatic heterocycles. The van der Waals surface area contributed by atoms with E-state index in [1.54, 1.807) is 0 Å². The number of hydrogen-bond acceptors (Lipinski definition) is 2. The standard InChI is InChI=1S/C48H34O2/c1-47(2)37-14-7-5-12-31(37)33-19-20-34-32-18-16-30(26-38(32)48(3,4)46(34)45(33)47)28-11-9-10-27(24-28)29-17-21-40-36(25-29)44-42(50-40)23-22-41-43(44)35-13-6-8-15-39(35)49-41/h5-26H,1-4H3. The van der Waals surface area contributed by atoms with E-state index in [0.29, 0.717) is 0 Å². The molecule has 7 aromatic carbocycles. The van der Waals surface area contributed by atoms with E-state index in [2.05, 4.69) is 137 Å². The average Bonchev–Trinajstić information content (AvgIpc) is 3.83. The fraction of sp³-hybridized carbons (Fsp3) is 0.125. The molecule has 2 heterocycles. The highest BCUT2D eigenvalue weighted by molar-refractivity contribution is 6.26. The van der Waals surface area contributed by atoms with Crippen LogP contribution >= 0.6 is 0 Å². The van der Waals surface area contributed by atoms with Gasteiger partial charge in [-0.15, -0.1) is 0 Å². The number of hydrogen-bond donors (Lipinski definition) is 0. The van der Waals surface area contributed by atoms with Crippen LogP contribution in [0, 0.1) is 0 Å². The van der Waals surface area contributed by atoms with Gasteiger partial charge in [-0.25, -0.2) is 0 Å². The summed E-state index contributed by atoms with van der Waals surface area (Å²) in [5.74, 6) is 0. The molecule has 0 amide bonds. The molecule has 238 valence electrons. The zero-order valence-corrected chi connectivity index (χ0v) is 28.5. The van der Waals surface area contributed by atoms with Crippen LogP contribution in [0.25, 0.3) is 88.4 Å². The van der Waals surface area contributed by atoms with Gasteiger partial charge in [-0.2, -0.15) is 0 Å². The van der Waals surface area contributed by atoms with Crippen LogP contribution in [-0.4, -0.2) is 0 Å². The van der Waals surface area contributed by atoms with Crippen molar-refractivity contribution >= 4 is 43.9 Å². The van der Waals surface area contributed by atoms with Crippen molar-refractivity contribution in [1.29, 1.82) is 0 Å². The first-order valence-electron chi connectivity index (χ1n) is 17.6. The monoisotopic (exact) mass is 642 g/mol. The maximum atomic E-state index is 6.37. The second-order valence-corrected chi connectivity index (χ2v) is 15.3. The molecular formula is C48H34O2. The molecule has 0 N–H and O–H groups in total. The molecule has 0 radical (unpaired) electrons. The summed E-state index contributed by atoms with van der Waals surface area (Å²) in [6.07, 6.45) is 0. The maximum Gasteiger partial charge on any atom is 0.136 e. The van der Waals surface area contributed by atoms with Crippen LogP contribution in [0.3, 0.4) is 0 Å². The Balaban J connectivity index is 1.03. The molecule has 2 heteroatoms. The van der Waals surface area contributed by atoms with Crippen LogP contribution in [0.15, 0.2) is 142 Å². The number of benzene rings is 7. The van der Waals surface area contributed by atoms with Crippen molar-refractivity contribution in [3.05, 3.63) is 156 Å². The van der Waals surface area contributed by atoms with Gasteiger partial charge in [0, 0.05) is 32.4 Å². The molecular weight excluding hydrogens is 609 g/mol. The number of para-hydroxylation sites is 1. The van der Waals surface area contributed by atoms with E-state index in [0.717, 1.165) is 49.4 Å². The highest BCUT2D eigenvalue weighted by Gasteiger charge is 2.45. The van der Waals surface area contributed by atoms with Gasteiger partial charge < -0.3 is 8.83 Å². The molecule has 0 aliphatic heterocycles. The fourth-order valence-corrected chi connectivity index (χ4v) is 9.50. The Morgan fingerprint density at radius 3 is 1.64 bits per heavy atom. The topological polar surface area (TPSA) is 26.3 Å². The Labute approximate surface area is 290 Å². The summed E-state index contributed by atoms with van der Waals surface area (Å²) in [5, 5.41) is 4.44. The minimum absolute atomic E-state index is 0.0500. The zero-order chi connectivity index (χ0) is 33.5. The van der Waals surface area contributed by atoms with Crippen LogP contribution in [0.2, 0.25) is 0 Å². The Morgan fingerprint density at radius 1 is 0.360 bits per heavy atom. The van der Waals surface area contributed by atoms with E-state index in [1.165, 1.54) is 61.2 Å². The van der Waals surface area contributed by atoms with Gasteiger partial charge >= 0.3 is 0 Å². The molecule has 2 aliphatic rings. The second-order valence-electron chi connectivity index (χ2n) is 15.3. The van der Waals surface area contributed by atoms with Gasteiger partial charge in [-0.3, -0.25) is 0 Å². The first-order valence-corrected chi connectivity index (χ1v) is 17.6. The van der Waals surface area contributed by atoms with Gasteiger partial charge in [0.25, 0.3) is 0 Å². The summed E-state index contributed by atoms with van der Waals surface area (Å²) in [5.41, 5.74) is 19.5.